The molecular formula is C20H26N4O2. The number of pyridine rings is 1. The molecule has 0 radical (unpaired) electrons. The molecule has 1 aliphatic carbocycles. The molecule has 1 amide bonds. The minimum atomic E-state index is 0.110. The zero-order valence-electron chi connectivity index (χ0n) is 15.5. The third-order valence-electron chi connectivity index (χ3n) is 6.08. The van der Waals surface area contributed by atoms with E-state index in [1.807, 2.05) is 11.0 Å². The van der Waals surface area contributed by atoms with E-state index in [0.29, 0.717) is 23.7 Å². The molecule has 6 nitrogen and oxygen atoms in total. The molecule has 1 saturated carbocycles. The van der Waals surface area contributed by atoms with Crippen LogP contribution >= 0.6 is 0 Å². The number of amides is 1. The third-order valence-corrected chi connectivity index (χ3v) is 6.08. The highest BCUT2D eigenvalue weighted by Gasteiger charge is 2.34. The van der Waals surface area contributed by atoms with Crippen LogP contribution in [0.2, 0.25) is 0 Å². The Morgan fingerprint density at radius 1 is 1.23 bits per heavy atom. The lowest BCUT2D eigenvalue weighted by atomic mass is 10.0. The standard InChI is InChI=1S/C20H26N4O2/c1-11(2)18-17-15(9-16(12-3-4-12)22-19(17)26-23-18)20(25)24-8-7-13-5-6-14(10-24)21-13/h9,11-14,21H,3-8,10H2,1-2H3. The lowest BCUT2D eigenvalue weighted by Gasteiger charge is -2.25. The average Bonchev–Trinajstić information content (AvgIpc) is 3.27. The Morgan fingerprint density at radius 2 is 2.04 bits per heavy atom. The summed E-state index contributed by atoms with van der Waals surface area (Å²) in [6, 6.07) is 3.01. The van der Waals surface area contributed by atoms with Crippen molar-refractivity contribution in [1.29, 1.82) is 0 Å². The summed E-state index contributed by atoms with van der Waals surface area (Å²) in [4.78, 5) is 20.2. The highest BCUT2D eigenvalue weighted by molar-refractivity contribution is 6.06. The largest absolute Gasteiger partial charge is 0.337 e. The van der Waals surface area contributed by atoms with Crippen LogP contribution in [0.1, 0.15) is 79.5 Å². The van der Waals surface area contributed by atoms with E-state index in [2.05, 4.69) is 29.3 Å². The molecule has 2 saturated heterocycles. The molecule has 2 aliphatic heterocycles. The minimum absolute atomic E-state index is 0.110. The lowest BCUT2D eigenvalue weighted by molar-refractivity contribution is 0.0750. The van der Waals surface area contributed by atoms with Crippen molar-refractivity contribution < 1.29 is 9.32 Å². The van der Waals surface area contributed by atoms with Gasteiger partial charge in [-0.15, -0.1) is 0 Å². The van der Waals surface area contributed by atoms with Gasteiger partial charge >= 0.3 is 0 Å². The maximum absolute atomic E-state index is 13.5. The van der Waals surface area contributed by atoms with Gasteiger partial charge in [-0.05, 0) is 44.1 Å². The molecule has 1 N–H and O–H groups in total. The van der Waals surface area contributed by atoms with Crippen molar-refractivity contribution in [2.75, 3.05) is 13.1 Å². The number of aromatic nitrogens is 2. The van der Waals surface area contributed by atoms with Crippen LogP contribution in [0.5, 0.6) is 0 Å². The number of carbonyl (C=O) groups is 1. The van der Waals surface area contributed by atoms with Gasteiger partial charge in [0.15, 0.2) is 0 Å². The van der Waals surface area contributed by atoms with Crippen LogP contribution in [-0.2, 0) is 0 Å². The molecule has 4 heterocycles. The Hall–Kier alpha value is -1.95. The van der Waals surface area contributed by atoms with Crippen molar-refractivity contribution in [3.05, 3.63) is 23.0 Å². The van der Waals surface area contributed by atoms with Gasteiger partial charge in [0.25, 0.3) is 11.6 Å². The maximum atomic E-state index is 13.5. The first-order chi connectivity index (χ1) is 12.6. The molecule has 3 fully saturated rings. The van der Waals surface area contributed by atoms with Crippen molar-refractivity contribution in [2.24, 2.45) is 0 Å². The molecule has 2 bridgehead atoms. The second-order valence-corrected chi connectivity index (χ2v) is 8.45. The number of nitrogens with zero attached hydrogens (tertiary/aromatic N) is 3. The minimum Gasteiger partial charge on any atom is -0.337 e. The summed E-state index contributed by atoms with van der Waals surface area (Å²) in [5.74, 6) is 0.775. The van der Waals surface area contributed by atoms with Crippen molar-refractivity contribution in [3.63, 3.8) is 0 Å². The zero-order valence-corrected chi connectivity index (χ0v) is 15.5. The molecule has 2 aromatic heterocycles. The first-order valence-electron chi connectivity index (χ1n) is 9.95. The third kappa shape index (κ3) is 2.71. The zero-order chi connectivity index (χ0) is 17.8. The number of likely N-dealkylation sites (tertiary alicyclic amines) is 1. The second kappa shape index (κ2) is 6.05. The smallest absolute Gasteiger partial charge is 0.259 e. The van der Waals surface area contributed by atoms with Gasteiger partial charge < -0.3 is 14.7 Å². The lowest BCUT2D eigenvalue weighted by Crippen LogP contribution is -2.39. The number of nitrogens with one attached hydrogen (secondary N) is 1. The van der Waals surface area contributed by atoms with E-state index in [-0.39, 0.29) is 11.8 Å². The molecule has 0 spiro atoms. The van der Waals surface area contributed by atoms with E-state index >= 15 is 0 Å². The molecule has 5 rings (SSSR count). The Bertz CT molecular complexity index is 855. The van der Waals surface area contributed by atoms with Crippen LogP contribution in [0, 0.1) is 0 Å². The highest BCUT2D eigenvalue weighted by atomic mass is 16.5. The van der Waals surface area contributed by atoms with Gasteiger partial charge in [-0.2, -0.15) is 0 Å². The van der Waals surface area contributed by atoms with Gasteiger partial charge in [-0.25, -0.2) is 4.98 Å². The van der Waals surface area contributed by atoms with Crippen molar-refractivity contribution >= 4 is 17.0 Å². The van der Waals surface area contributed by atoms with E-state index in [4.69, 9.17) is 4.52 Å². The Labute approximate surface area is 153 Å². The predicted octanol–water partition coefficient (Wildman–Crippen LogP) is 3.19. The quantitative estimate of drug-likeness (QED) is 0.916. The molecule has 6 heteroatoms. The number of carbonyl (C=O) groups excluding carboxylic acids is 1. The number of fused-ring (bicyclic) bond motifs is 3. The Kier molecular flexibility index (Phi) is 3.78. The summed E-state index contributed by atoms with van der Waals surface area (Å²) in [7, 11) is 0. The van der Waals surface area contributed by atoms with Gasteiger partial charge in [-0.3, -0.25) is 4.79 Å². The normalized spacial score (nSPS) is 25.9. The SMILES string of the molecule is CC(C)c1noc2nc(C3CC3)cc(C(=O)N3CCC4CCC(C3)N4)c12. The monoisotopic (exact) mass is 354 g/mol. The molecule has 2 atom stereocenters. The van der Waals surface area contributed by atoms with Crippen LogP contribution < -0.4 is 5.32 Å². The highest BCUT2D eigenvalue weighted by Crippen LogP contribution is 2.41. The number of hydrogen-bond acceptors (Lipinski definition) is 5. The van der Waals surface area contributed by atoms with Gasteiger partial charge in [0.1, 0.15) is 0 Å². The van der Waals surface area contributed by atoms with Crippen molar-refractivity contribution in [3.8, 4) is 0 Å². The molecule has 138 valence electrons. The Balaban J connectivity index is 1.57. The second-order valence-electron chi connectivity index (χ2n) is 8.45. The van der Waals surface area contributed by atoms with E-state index in [0.717, 1.165) is 61.1 Å². The molecule has 2 aromatic rings. The van der Waals surface area contributed by atoms with Crippen molar-refractivity contribution in [2.45, 2.75) is 69.9 Å². The van der Waals surface area contributed by atoms with Gasteiger partial charge in [0.05, 0.1) is 16.6 Å². The van der Waals surface area contributed by atoms with E-state index in [1.165, 1.54) is 6.42 Å². The summed E-state index contributed by atoms with van der Waals surface area (Å²) < 4.78 is 5.54. The first kappa shape index (κ1) is 16.2. The summed E-state index contributed by atoms with van der Waals surface area (Å²) in [5, 5.41) is 8.71. The van der Waals surface area contributed by atoms with Crippen LogP contribution in [0.15, 0.2) is 10.6 Å². The Morgan fingerprint density at radius 3 is 2.81 bits per heavy atom. The summed E-state index contributed by atoms with van der Waals surface area (Å²) in [6.07, 6.45) is 5.73. The van der Waals surface area contributed by atoms with E-state index in [1.54, 1.807) is 0 Å². The van der Waals surface area contributed by atoms with E-state index in [9.17, 15) is 4.79 Å². The molecule has 3 aliphatic rings. The van der Waals surface area contributed by atoms with Crippen LogP contribution in [0.4, 0.5) is 0 Å². The van der Waals surface area contributed by atoms with Gasteiger partial charge in [-0.1, -0.05) is 19.0 Å². The first-order valence-corrected chi connectivity index (χ1v) is 9.95. The summed E-state index contributed by atoms with van der Waals surface area (Å²) in [5.41, 5.74) is 3.09. The van der Waals surface area contributed by atoms with Crippen LogP contribution in [0.3, 0.4) is 0 Å². The average molecular weight is 354 g/mol. The molecular weight excluding hydrogens is 328 g/mol. The van der Waals surface area contributed by atoms with E-state index < -0.39 is 0 Å². The number of hydrogen-bond donors (Lipinski definition) is 1. The molecule has 26 heavy (non-hydrogen) atoms. The maximum Gasteiger partial charge on any atom is 0.259 e. The molecule has 0 aromatic carbocycles. The van der Waals surface area contributed by atoms with Crippen molar-refractivity contribution in [1.82, 2.24) is 20.4 Å². The van der Waals surface area contributed by atoms with Gasteiger partial charge in [0.2, 0.25) is 0 Å². The fraction of sp³-hybridized carbons (Fsp3) is 0.650. The topological polar surface area (TPSA) is 71.3 Å². The van der Waals surface area contributed by atoms with Crippen LogP contribution in [-0.4, -0.2) is 46.1 Å². The summed E-state index contributed by atoms with van der Waals surface area (Å²) >= 11 is 0. The fourth-order valence-corrected chi connectivity index (χ4v) is 4.44. The number of rotatable bonds is 3. The van der Waals surface area contributed by atoms with Crippen LogP contribution in [0.25, 0.3) is 11.1 Å². The molecule has 2 unspecified atom stereocenters. The fourth-order valence-electron chi connectivity index (χ4n) is 4.44. The van der Waals surface area contributed by atoms with Gasteiger partial charge in [0, 0.05) is 36.8 Å². The predicted molar refractivity (Wildman–Crippen MR) is 98.3 cm³/mol. The summed E-state index contributed by atoms with van der Waals surface area (Å²) in [6.45, 7) is 5.77.